The van der Waals surface area contributed by atoms with E-state index in [9.17, 15) is 5.11 Å². The second-order valence-electron chi connectivity index (χ2n) is 5.19. The van der Waals surface area contributed by atoms with Gasteiger partial charge in [0.1, 0.15) is 0 Å². The Labute approximate surface area is 124 Å². The molecule has 3 rings (SSSR count). The van der Waals surface area contributed by atoms with Crippen LogP contribution in [0.4, 0.5) is 5.69 Å². The fourth-order valence-electron chi connectivity index (χ4n) is 2.91. The lowest BCUT2D eigenvalue weighted by molar-refractivity contribution is 0.282. The first-order valence-corrected chi connectivity index (χ1v) is 7.37. The van der Waals surface area contributed by atoms with Crippen LogP contribution in [0.15, 0.2) is 42.5 Å². The Balaban J connectivity index is 1.98. The van der Waals surface area contributed by atoms with Gasteiger partial charge in [-0.2, -0.15) is 0 Å². The minimum atomic E-state index is -0.0207. The van der Waals surface area contributed by atoms with E-state index in [1.165, 1.54) is 11.1 Å². The second kappa shape index (κ2) is 5.86. The van der Waals surface area contributed by atoms with Crippen molar-refractivity contribution in [3.05, 3.63) is 64.2 Å². The number of nitrogens with zero attached hydrogens (tertiary/aromatic N) is 1. The molecule has 0 atom stereocenters. The molecule has 0 saturated heterocycles. The maximum absolute atomic E-state index is 9.58. The number of anilines is 1. The third-order valence-corrected chi connectivity index (χ3v) is 4.30. The molecule has 0 radical (unpaired) electrons. The molecule has 2 aromatic carbocycles. The number of fused-ring (bicyclic) bond motifs is 1. The summed E-state index contributed by atoms with van der Waals surface area (Å²) in [6.07, 6.45) is 2.23. The predicted octanol–water partition coefficient (Wildman–Crippen LogP) is 3.79. The van der Waals surface area contributed by atoms with Crippen molar-refractivity contribution in [1.29, 1.82) is 0 Å². The number of aryl methyl sites for hydroxylation is 1. The average molecular weight is 288 g/mol. The Kier molecular flexibility index (Phi) is 3.95. The summed E-state index contributed by atoms with van der Waals surface area (Å²) in [6.45, 7) is 1.85. The van der Waals surface area contributed by atoms with Gasteiger partial charge in [0.2, 0.25) is 0 Å². The molecule has 104 valence electrons. The molecule has 0 aromatic heterocycles. The van der Waals surface area contributed by atoms with Crippen molar-refractivity contribution in [2.45, 2.75) is 26.0 Å². The van der Waals surface area contributed by atoms with Crippen LogP contribution in [0.3, 0.4) is 0 Å². The van der Waals surface area contributed by atoms with Crippen LogP contribution in [-0.4, -0.2) is 11.7 Å². The van der Waals surface area contributed by atoms with Crippen molar-refractivity contribution in [1.82, 2.24) is 0 Å². The molecule has 0 amide bonds. The summed E-state index contributed by atoms with van der Waals surface area (Å²) in [5.74, 6) is 0. The van der Waals surface area contributed by atoms with E-state index in [1.807, 2.05) is 18.2 Å². The van der Waals surface area contributed by atoms with Crippen LogP contribution in [0.2, 0.25) is 5.02 Å². The van der Waals surface area contributed by atoms with Gasteiger partial charge in [-0.25, -0.2) is 0 Å². The van der Waals surface area contributed by atoms with Gasteiger partial charge in [0, 0.05) is 29.4 Å². The molecule has 0 spiro atoms. The largest absolute Gasteiger partial charge is 0.392 e. The van der Waals surface area contributed by atoms with Gasteiger partial charge in [0.05, 0.1) is 6.61 Å². The van der Waals surface area contributed by atoms with Gasteiger partial charge in [0.15, 0.2) is 0 Å². The lowest BCUT2D eigenvalue weighted by Crippen LogP contribution is -2.23. The smallest absolute Gasteiger partial charge is 0.0716 e. The van der Waals surface area contributed by atoms with Gasteiger partial charge in [-0.1, -0.05) is 41.9 Å². The minimum absolute atomic E-state index is 0.0207. The topological polar surface area (TPSA) is 23.5 Å². The Bertz CT molecular complexity index is 612. The second-order valence-corrected chi connectivity index (χ2v) is 5.60. The number of hydrogen-bond donors (Lipinski definition) is 1. The van der Waals surface area contributed by atoms with Crippen molar-refractivity contribution in [2.75, 3.05) is 11.4 Å². The van der Waals surface area contributed by atoms with Gasteiger partial charge >= 0.3 is 0 Å². The van der Waals surface area contributed by atoms with Crippen molar-refractivity contribution >= 4 is 17.3 Å². The summed E-state index contributed by atoms with van der Waals surface area (Å²) in [6, 6.07) is 14.4. The summed E-state index contributed by atoms with van der Waals surface area (Å²) >= 11 is 6.20. The first-order chi connectivity index (χ1) is 9.79. The van der Waals surface area contributed by atoms with Crippen LogP contribution in [0.25, 0.3) is 0 Å². The van der Waals surface area contributed by atoms with E-state index in [0.29, 0.717) is 5.02 Å². The summed E-state index contributed by atoms with van der Waals surface area (Å²) < 4.78 is 0. The standard InChI is InChI=1S/C17H18ClNO/c18-16-8-3-9-17(15(16)12-20)19-10-4-7-13-5-1-2-6-14(13)11-19/h1-3,5-6,8-9,20H,4,7,10-12H2. The first kappa shape index (κ1) is 13.5. The van der Waals surface area contributed by atoms with Crippen LogP contribution in [0.5, 0.6) is 0 Å². The molecule has 2 nitrogen and oxygen atoms in total. The summed E-state index contributed by atoms with van der Waals surface area (Å²) in [7, 11) is 0. The highest BCUT2D eigenvalue weighted by Gasteiger charge is 2.17. The quantitative estimate of drug-likeness (QED) is 0.908. The fraction of sp³-hybridized carbons (Fsp3) is 0.294. The van der Waals surface area contributed by atoms with E-state index in [0.717, 1.165) is 37.2 Å². The van der Waals surface area contributed by atoms with E-state index in [4.69, 9.17) is 11.6 Å². The van der Waals surface area contributed by atoms with Gasteiger partial charge in [0.25, 0.3) is 0 Å². The number of hydrogen-bond acceptors (Lipinski definition) is 2. The van der Waals surface area contributed by atoms with E-state index in [-0.39, 0.29) is 6.61 Å². The predicted molar refractivity (Wildman–Crippen MR) is 83.2 cm³/mol. The maximum atomic E-state index is 9.58. The van der Waals surface area contributed by atoms with Gasteiger partial charge in [-0.3, -0.25) is 0 Å². The normalized spacial score (nSPS) is 14.8. The minimum Gasteiger partial charge on any atom is -0.392 e. The van der Waals surface area contributed by atoms with Crippen molar-refractivity contribution in [3.63, 3.8) is 0 Å². The summed E-state index contributed by atoms with van der Waals surface area (Å²) in [5, 5.41) is 10.2. The number of rotatable bonds is 2. The molecule has 1 aliphatic rings. The number of aliphatic hydroxyl groups excluding tert-OH is 1. The summed E-state index contributed by atoms with van der Waals surface area (Å²) in [5.41, 5.74) is 4.68. The average Bonchev–Trinajstić information content (AvgIpc) is 2.69. The fourth-order valence-corrected chi connectivity index (χ4v) is 3.14. The lowest BCUT2D eigenvalue weighted by atomic mass is 10.0. The van der Waals surface area contributed by atoms with Crippen LogP contribution >= 0.6 is 11.6 Å². The molecular weight excluding hydrogens is 270 g/mol. The molecule has 0 aliphatic carbocycles. The Hall–Kier alpha value is -1.51. The molecule has 1 aliphatic heterocycles. The van der Waals surface area contributed by atoms with E-state index in [2.05, 4.69) is 29.2 Å². The number of halogens is 1. The zero-order valence-electron chi connectivity index (χ0n) is 11.3. The molecule has 1 heterocycles. The lowest BCUT2D eigenvalue weighted by Gasteiger charge is -2.26. The highest BCUT2D eigenvalue weighted by atomic mass is 35.5. The molecular formula is C17H18ClNO. The Morgan fingerprint density at radius 2 is 1.85 bits per heavy atom. The highest BCUT2D eigenvalue weighted by molar-refractivity contribution is 6.31. The molecule has 3 heteroatoms. The molecule has 1 N–H and O–H groups in total. The highest BCUT2D eigenvalue weighted by Crippen LogP contribution is 2.30. The molecule has 20 heavy (non-hydrogen) atoms. The van der Waals surface area contributed by atoms with Gasteiger partial charge in [-0.05, 0) is 36.1 Å². The van der Waals surface area contributed by atoms with E-state index >= 15 is 0 Å². The first-order valence-electron chi connectivity index (χ1n) is 6.99. The van der Waals surface area contributed by atoms with Gasteiger partial charge < -0.3 is 10.0 Å². The van der Waals surface area contributed by atoms with Crippen LogP contribution in [-0.2, 0) is 19.6 Å². The Morgan fingerprint density at radius 1 is 1.05 bits per heavy atom. The zero-order chi connectivity index (χ0) is 13.9. The molecule has 0 saturated carbocycles. The van der Waals surface area contributed by atoms with Crippen LogP contribution < -0.4 is 4.90 Å². The zero-order valence-corrected chi connectivity index (χ0v) is 12.1. The number of aliphatic hydroxyl groups is 1. The molecule has 0 unspecified atom stereocenters. The molecule has 0 fully saturated rings. The molecule has 2 aromatic rings. The maximum Gasteiger partial charge on any atom is 0.0716 e. The van der Waals surface area contributed by atoms with Gasteiger partial charge in [-0.15, -0.1) is 0 Å². The van der Waals surface area contributed by atoms with Crippen molar-refractivity contribution < 1.29 is 5.11 Å². The third-order valence-electron chi connectivity index (χ3n) is 3.95. The Morgan fingerprint density at radius 3 is 2.65 bits per heavy atom. The summed E-state index contributed by atoms with van der Waals surface area (Å²) in [4.78, 5) is 2.32. The number of benzene rings is 2. The van der Waals surface area contributed by atoms with E-state index in [1.54, 1.807) is 0 Å². The van der Waals surface area contributed by atoms with Crippen molar-refractivity contribution in [2.24, 2.45) is 0 Å². The van der Waals surface area contributed by atoms with Crippen molar-refractivity contribution in [3.8, 4) is 0 Å². The third kappa shape index (κ3) is 2.54. The van der Waals surface area contributed by atoms with E-state index < -0.39 is 0 Å². The molecule has 0 bridgehead atoms. The van der Waals surface area contributed by atoms with Crippen LogP contribution in [0, 0.1) is 0 Å². The SMILES string of the molecule is OCc1c(Cl)cccc1N1CCCc2ccccc2C1. The monoisotopic (exact) mass is 287 g/mol. The van der Waals surface area contributed by atoms with Crippen LogP contribution in [0.1, 0.15) is 23.1 Å².